The van der Waals surface area contributed by atoms with E-state index < -0.39 is 0 Å². The quantitative estimate of drug-likeness (QED) is 0.607. The van der Waals surface area contributed by atoms with Gasteiger partial charge in [-0.15, -0.1) is 0 Å². The van der Waals surface area contributed by atoms with Gasteiger partial charge in [0.15, 0.2) is 0 Å². The van der Waals surface area contributed by atoms with Gasteiger partial charge in [0.25, 0.3) is 0 Å². The zero-order valence-corrected chi connectivity index (χ0v) is 11.5. The number of allylic oxidation sites excluding steroid dienone is 2. The zero-order chi connectivity index (χ0) is 13.1. The van der Waals surface area contributed by atoms with E-state index in [1.165, 1.54) is 43.9 Å². The fourth-order valence-electron chi connectivity index (χ4n) is 1.64. The van der Waals surface area contributed by atoms with Crippen LogP contribution in [-0.4, -0.2) is 36.6 Å². The van der Waals surface area contributed by atoms with Gasteiger partial charge in [0.2, 0.25) is 5.91 Å². The molecule has 0 fully saturated rings. The number of amides is 1. The van der Waals surface area contributed by atoms with Crippen LogP contribution in [0, 0.1) is 5.92 Å². The minimum Gasteiger partial charge on any atom is -0.396 e. The Hall–Kier alpha value is -0.830. The average Bonchev–Trinajstić information content (AvgIpc) is 2.31. The molecule has 0 aromatic heterocycles. The summed E-state index contributed by atoms with van der Waals surface area (Å²) in [5.74, 6) is 0.908. The van der Waals surface area contributed by atoms with E-state index in [0.717, 1.165) is 12.3 Å². The molecule has 1 rings (SSSR count). The fraction of sp³-hybridized carbons (Fsp3) is 0.786. The third kappa shape index (κ3) is 10.1. The van der Waals surface area contributed by atoms with Gasteiger partial charge in [-0.1, -0.05) is 18.6 Å². The highest BCUT2D eigenvalue weighted by molar-refractivity contribution is 5.72. The van der Waals surface area contributed by atoms with E-state index >= 15 is 0 Å². The van der Waals surface area contributed by atoms with E-state index in [0.29, 0.717) is 6.61 Å². The summed E-state index contributed by atoms with van der Waals surface area (Å²) in [6, 6.07) is 0. The van der Waals surface area contributed by atoms with E-state index in [1.54, 1.807) is 14.1 Å². The third-order valence-electron chi connectivity index (χ3n) is 2.97. The predicted molar refractivity (Wildman–Crippen MR) is 71.8 cm³/mol. The Kier molecular flexibility index (Phi) is 9.83. The highest BCUT2D eigenvalue weighted by Gasteiger charge is 2.06. The molecular weight excluding hydrogens is 214 g/mol. The second-order valence-corrected chi connectivity index (χ2v) is 4.75. The molecule has 0 aliphatic heterocycles. The van der Waals surface area contributed by atoms with Crippen molar-refractivity contribution in [3.8, 4) is 0 Å². The van der Waals surface area contributed by atoms with Crippen molar-refractivity contribution in [2.75, 3.05) is 20.7 Å². The molecule has 3 nitrogen and oxygen atoms in total. The van der Waals surface area contributed by atoms with Crippen molar-refractivity contribution in [3.63, 3.8) is 0 Å². The second kappa shape index (κ2) is 10.3. The van der Waals surface area contributed by atoms with Crippen LogP contribution in [0.3, 0.4) is 0 Å². The maximum absolute atomic E-state index is 10.1. The van der Waals surface area contributed by atoms with Crippen molar-refractivity contribution < 1.29 is 9.90 Å². The molecule has 17 heavy (non-hydrogen) atoms. The van der Waals surface area contributed by atoms with Gasteiger partial charge in [-0.2, -0.15) is 0 Å². The predicted octanol–water partition coefficient (Wildman–Crippen LogP) is 2.60. The first-order chi connectivity index (χ1) is 8.07. The molecule has 0 aromatic rings. The molecular formula is C14H27NO2. The molecule has 1 atom stereocenters. The minimum atomic E-state index is 0.0926. The molecule has 0 saturated carbocycles. The highest BCUT2D eigenvalue weighted by Crippen LogP contribution is 2.21. The number of aliphatic hydroxyl groups excluding tert-OH is 1. The van der Waals surface area contributed by atoms with Gasteiger partial charge in [-0.05, 0) is 38.0 Å². The highest BCUT2D eigenvalue weighted by atomic mass is 16.2. The van der Waals surface area contributed by atoms with Gasteiger partial charge in [0.1, 0.15) is 0 Å². The Labute approximate surface area is 106 Å². The van der Waals surface area contributed by atoms with Crippen LogP contribution in [-0.2, 0) is 4.79 Å². The van der Waals surface area contributed by atoms with Crippen LogP contribution in [0.2, 0.25) is 0 Å². The summed E-state index contributed by atoms with van der Waals surface area (Å²) in [5, 5.41) is 8.58. The SMILES string of the molecule is CC(=O)N(C)C.OCCCC[C@@H]1C=CCCC1. The molecule has 0 heterocycles. The van der Waals surface area contributed by atoms with Gasteiger partial charge in [-0.3, -0.25) is 4.79 Å². The van der Waals surface area contributed by atoms with Gasteiger partial charge < -0.3 is 10.0 Å². The summed E-state index contributed by atoms with van der Waals surface area (Å²) < 4.78 is 0. The smallest absolute Gasteiger partial charge is 0.218 e. The van der Waals surface area contributed by atoms with E-state index in [1.807, 2.05) is 0 Å². The molecule has 3 heteroatoms. The number of unbranched alkanes of at least 4 members (excludes halogenated alkanes) is 1. The molecule has 1 aliphatic carbocycles. The summed E-state index contributed by atoms with van der Waals surface area (Å²) in [7, 11) is 3.45. The number of hydrogen-bond acceptors (Lipinski definition) is 2. The topological polar surface area (TPSA) is 40.5 Å². The monoisotopic (exact) mass is 241 g/mol. The lowest BCUT2D eigenvalue weighted by molar-refractivity contribution is -0.126. The molecule has 0 radical (unpaired) electrons. The van der Waals surface area contributed by atoms with Crippen molar-refractivity contribution in [1.82, 2.24) is 4.90 Å². The van der Waals surface area contributed by atoms with Crippen molar-refractivity contribution in [1.29, 1.82) is 0 Å². The Bertz CT molecular complexity index is 224. The number of aliphatic hydroxyl groups is 1. The van der Waals surface area contributed by atoms with Crippen LogP contribution in [0.1, 0.15) is 45.4 Å². The average molecular weight is 241 g/mol. The summed E-state index contributed by atoms with van der Waals surface area (Å²) in [6.07, 6.45) is 12.1. The van der Waals surface area contributed by atoms with Crippen molar-refractivity contribution in [2.45, 2.75) is 45.4 Å². The Morgan fingerprint density at radius 1 is 1.41 bits per heavy atom. The van der Waals surface area contributed by atoms with Crippen LogP contribution in [0.15, 0.2) is 12.2 Å². The largest absolute Gasteiger partial charge is 0.396 e. The van der Waals surface area contributed by atoms with Crippen LogP contribution >= 0.6 is 0 Å². The van der Waals surface area contributed by atoms with Crippen molar-refractivity contribution >= 4 is 5.91 Å². The molecule has 1 N–H and O–H groups in total. The number of carbonyl (C=O) groups is 1. The van der Waals surface area contributed by atoms with E-state index in [4.69, 9.17) is 5.11 Å². The normalized spacial score (nSPS) is 18.2. The first kappa shape index (κ1) is 16.2. The van der Waals surface area contributed by atoms with Crippen LogP contribution in [0.25, 0.3) is 0 Å². The van der Waals surface area contributed by atoms with Crippen LogP contribution in [0.5, 0.6) is 0 Å². The molecule has 100 valence electrons. The van der Waals surface area contributed by atoms with Crippen molar-refractivity contribution in [2.24, 2.45) is 5.92 Å². The maximum Gasteiger partial charge on any atom is 0.218 e. The molecule has 0 bridgehead atoms. The Morgan fingerprint density at radius 3 is 2.47 bits per heavy atom. The van der Waals surface area contributed by atoms with Crippen LogP contribution < -0.4 is 0 Å². The number of nitrogens with zero attached hydrogens (tertiary/aromatic N) is 1. The Morgan fingerprint density at radius 2 is 2.06 bits per heavy atom. The summed E-state index contributed by atoms with van der Waals surface area (Å²) in [4.78, 5) is 11.6. The van der Waals surface area contributed by atoms with E-state index in [9.17, 15) is 4.79 Å². The summed E-state index contributed by atoms with van der Waals surface area (Å²) >= 11 is 0. The number of rotatable bonds is 4. The van der Waals surface area contributed by atoms with Crippen molar-refractivity contribution in [3.05, 3.63) is 12.2 Å². The first-order valence-corrected chi connectivity index (χ1v) is 6.53. The maximum atomic E-state index is 10.1. The number of carbonyl (C=O) groups excluding carboxylic acids is 1. The van der Waals surface area contributed by atoms with E-state index in [2.05, 4.69) is 12.2 Å². The molecule has 0 aromatic carbocycles. The molecule has 0 saturated heterocycles. The van der Waals surface area contributed by atoms with Gasteiger partial charge in [0, 0.05) is 27.6 Å². The summed E-state index contributed by atoms with van der Waals surface area (Å²) in [5.41, 5.74) is 0. The third-order valence-corrected chi connectivity index (χ3v) is 2.97. The standard InChI is InChI=1S/C10H18O.C4H9NO/c11-9-5-4-8-10-6-2-1-3-7-10;1-4(6)5(2)3/h2,6,10-11H,1,3-5,7-9H2;1-3H3/t10-;/m1./s1. The molecule has 0 unspecified atom stereocenters. The molecule has 1 aliphatic rings. The number of hydrogen-bond donors (Lipinski definition) is 1. The summed E-state index contributed by atoms with van der Waals surface area (Å²) in [6.45, 7) is 1.89. The second-order valence-electron chi connectivity index (χ2n) is 4.75. The van der Waals surface area contributed by atoms with Gasteiger partial charge in [0.05, 0.1) is 0 Å². The lowest BCUT2D eigenvalue weighted by atomic mass is 9.91. The first-order valence-electron chi connectivity index (χ1n) is 6.53. The zero-order valence-electron chi connectivity index (χ0n) is 11.5. The minimum absolute atomic E-state index is 0.0926. The molecule has 1 amide bonds. The fourth-order valence-corrected chi connectivity index (χ4v) is 1.64. The van der Waals surface area contributed by atoms with Crippen LogP contribution in [0.4, 0.5) is 0 Å². The lowest BCUT2D eigenvalue weighted by Crippen LogP contribution is -2.17. The van der Waals surface area contributed by atoms with E-state index in [-0.39, 0.29) is 5.91 Å². The molecule has 0 spiro atoms. The van der Waals surface area contributed by atoms with Gasteiger partial charge in [-0.25, -0.2) is 0 Å². The lowest BCUT2D eigenvalue weighted by Gasteiger charge is -2.15. The Balaban J connectivity index is 0.000000366. The van der Waals surface area contributed by atoms with Gasteiger partial charge >= 0.3 is 0 Å².